The quantitative estimate of drug-likeness (QED) is 0.788. The maximum Gasteiger partial charge on any atom is 0.341 e. The molecule has 20 heavy (non-hydrogen) atoms. The zero-order valence-electron chi connectivity index (χ0n) is 12.8. The highest BCUT2D eigenvalue weighted by Gasteiger charge is 2.21. The summed E-state index contributed by atoms with van der Waals surface area (Å²) in [6.07, 6.45) is 0. The third kappa shape index (κ3) is 3.41. The Morgan fingerprint density at radius 3 is 2.55 bits per heavy atom. The van der Waals surface area contributed by atoms with Crippen molar-refractivity contribution in [3.63, 3.8) is 0 Å². The molecule has 0 aromatic carbocycles. The maximum absolute atomic E-state index is 11.6. The van der Waals surface area contributed by atoms with Gasteiger partial charge in [0.1, 0.15) is 17.1 Å². The highest BCUT2D eigenvalue weighted by Crippen LogP contribution is 2.18. The van der Waals surface area contributed by atoms with Crippen LogP contribution in [0.15, 0.2) is 10.5 Å². The van der Waals surface area contributed by atoms with Crippen molar-refractivity contribution >= 4 is 5.97 Å². The Labute approximate surface area is 120 Å². The molecule has 1 aromatic heterocycles. The zero-order valence-corrected chi connectivity index (χ0v) is 12.8. The van der Waals surface area contributed by atoms with Crippen LogP contribution in [-0.2, 0) is 11.3 Å². The van der Waals surface area contributed by atoms with Crippen LogP contribution in [0.25, 0.3) is 0 Å². The number of methoxy groups -OCH3 is 1. The lowest BCUT2D eigenvalue weighted by molar-refractivity contribution is 0.0599. The second-order valence-corrected chi connectivity index (χ2v) is 5.58. The van der Waals surface area contributed by atoms with Crippen LogP contribution in [0.5, 0.6) is 0 Å². The Bertz CT molecular complexity index is 460. The van der Waals surface area contributed by atoms with E-state index in [9.17, 15) is 4.79 Å². The number of piperazine rings is 1. The van der Waals surface area contributed by atoms with Crippen molar-refractivity contribution in [1.29, 1.82) is 0 Å². The first kappa shape index (κ1) is 15.1. The van der Waals surface area contributed by atoms with Gasteiger partial charge in [0.15, 0.2) is 0 Å². The fourth-order valence-electron chi connectivity index (χ4n) is 2.59. The SMILES string of the molecule is COC(=O)c1cc(CN2CCN(C(C)C)CC2)oc1C. The molecule has 2 heterocycles. The summed E-state index contributed by atoms with van der Waals surface area (Å²) in [7, 11) is 1.39. The molecule has 1 aromatic rings. The van der Waals surface area contributed by atoms with E-state index in [4.69, 9.17) is 9.15 Å². The number of nitrogens with zero attached hydrogens (tertiary/aromatic N) is 2. The van der Waals surface area contributed by atoms with Crippen molar-refractivity contribution in [2.75, 3.05) is 33.3 Å². The van der Waals surface area contributed by atoms with Gasteiger partial charge in [-0.3, -0.25) is 9.80 Å². The molecule has 0 radical (unpaired) electrons. The first-order valence-corrected chi connectivity index (χ1v) is 7.15. The van der Waals surface area contributed by atoms with Gasteiger partial charge in [0.2, 0.25) is 0 Å². The van der Waals surface area contributed by atoms with Crippen LogP contribution in [0.3, 0.4) is 0 Å². The van der Waals surface area contributed by atoms with Crippen LogP contribution in [0.1, 0.15) is 35.7 Å². The molecule has 1 aliphatic heterocycles. The zero-order chi connectivity index (χ0) is 14.7. The van der Waals surface area contributed by atoms with Crippen LogP contribution in [0.2, 0.25) is 0 Å². The van der Waals surface area contributed by atoms with Gasteiger partial charge in [-0.15, -0.1) is 0 Å². The summed E-state index contributed by atoms with van der Waals surface area (Å²) in [5.74, 6) is 1.13. The largest absolute Gasteiger partial charge is 0.465 e. The Hall–Kier alpha value is -1.33. The third-order valence-electron chi connectivity index (χ3n) is 3.89. The summed E-state index contributed by atoms with van der Waals surface area (Å²) < 4.78 is 10.4. The second-order valence-electron chi connectivity index (χ2n) is 5.58. The van der Waals surface area contributed by atoms with Crippen molar-refractivity contribution < 1.29 is 13.9 Å². The van der Waals surface area contributed by atoms with Crippen LogP contribution in [0.4, 0.5) is 0 Å². The molecule has 0 atom stereocenters. The van der Waals surface area contributed by atoms with E-state index in [2.05, 4.69) is 23.6 Å². The standard InChI is InChI=1S/C15H24N2O3/c1-11(2)17-7-5-16(6-8-17)10-13-9-14(12(3)20-13)15(18)19-4/h9,11H,5-8,10H2,1-4H3. The Morgan fingerprint density at radius 2 is 2.00 bits per heavy atom. The number of esters is 1. The molecule has 0 N–H and O–H groups in total. The van der Waals surface area contributed by atoms with Gasteiger partial charge in [-0.1, -0.05) is 0 Å². The van der Waals surface area contributed by atoms with E-state index in [1.54, 1.807) is 13.0 Å². The van der Waals surface area contributed by atoms with Gasteiger partial charge in [-0.2, -0.15) is 0 Å². The van der Waals surface area contributed by atoms with Crippen LogP contribution in [-0.4, -0.2) is 55.1 Å². The Morgan fingerprint density at radius 1 is 1.35 bits per heavy atom. The Balaban J connectivity index is 1.93. The minimum absolute atomic E-state index is 0.331. The second kappa shape index (κ2) is 6.41. The predicted molar refractivity (Wildman–Crippen MR) is 76.8 cm³/mol. The number of hydrogen-bond acceptors (Lipinski definition) is 5. The normalized spacial score (nSPS) is 17.6. The number of rotatable bonds is 4. The topological polar surface area (TPSA) is 45.9 Å². The molecule has 1 aliphatic rings. The monoisotopic (exact) mass is 280 g/mol. The molecule has 0 aliphatic carbocycles. The van der Waals surface area contributed by atoms with Crippen molar-refractivity contribution in [2.24, 2.45) is 0 Å². The van der Waals surface area contributed by atoms with E-state index in [-0.39, 0.29) is 5.97 Å². The van der Waals surface area contributed by atoms with Crippen LogP contribution >= 0.6 is 0 Å². The van der Waals surface area contributed by atoms with Gasteiger partial charge < -0.3 is 9.15 Å². The summed E-state index contributed by atoms with van der Waals surface area (Å²) in [4.78, 5) is 16.4. The fourth-order valence-corrected chi connectivity index (χ4v) is 2.59. The van der Waals surface area contributed by atoms with E-state index in [0.29, 0.717) is 17.4 Å². The summed E-state index contributed by atoms with van der Waals surface area (Å²) >= 11 is 0. The highest BCUT2D eigenvalue weighted by molar-refractivity contribution is 5.90. The molecule has 1 fully saturated rings. The molecule has 0 saturated carbocycles. The molecule has 2 rings (SSSR count). The molecular formula is C15H24N2O3. The predicted octanol–water partition coefficient (Wildman–Crippen LogP) is 1.90. The van der Waals surface area contributed by atoms with E-state index in [1.165, 1.54) is 7.11 Å². The van der Waals surface area contributed by atoms with Gasteiger partial charge in [0.25, 0.3) is 0 Å². The van der Waals surface area contributed by atoms with Crippen LogP contribution in [0, 0.1) is 6.92 Å². The highest BCUT2D eigenvalue weighted by atomic mass is 16.5. The van der Waals surface area contributed by atoms with Crippen molar-refractivity contribution in [2.45, 2.75) is 33.4 Å². The summed E-state index contributed by atoms with van der Waals surface area (Å²) in [5, 5.41) is 0. The first-order valence-electron chi connectivity index (χ1n) is 7.15. The van der Waals surface area contributed by atoms with Gasteiger partial charge in [0.05, 0.1) is 13.7 Å². The smallest absolute Gasteiger partial charge is 0.341 e. The average Bonchev–Trinajstić information content (AvgIpc) is 2.79. The van der Waals surface area contributed by atoms with E-state index in [1.807, 2.05) is 0 Å². The van der Waals surface area contributed by atoms with Gasteiger partial charge in [-0.25, -0.2) is 4.79 Å². The molecule has 0 unspecified atom stereocenters. The molecule has 0 bridgehead atoms. The van der Waals surface area contributed by atoms with Crippen molar-refractivity contribution in [3.8, 4) is 0 Å². The molecule has 5 nitrogen and oxygen atoms in total. The minimum Gasteiger partial charge on any atom is -0.465 e. The molecule has 112 valence electrons. The fraction of sp³-hybridized carbons (Fsp3) is 0.667. The van der Waals surface area contributed by atoms with E-state index < -0.39 is 0 Å². The summed E-state index contributed by atoms with van der Waals surface area (Å²) in [5.41, 5.74) is 0.531. The van der Waals surface area contributed by atoms with Crippen LogP contribution < -0.4 is 0 Å². The number of furan rings is 1. The summed E-state index contributed by atoms with van der Waals surface area (Å²) in [6, 6.07) is 2.41. The number of carbonyl (C=O) groups is 1. The van der Waals surface area contributed by atoms with Crippen molar-refractivity contribution in [1.82, 2.24) is 9.80 Å². The Kier molecular flexibility index (Phi) is 4.83. The van der Waals surface area contributed by atoms with E-state index in [0.717, 1.165) is 38.5 Å². The van der Waals surface area contributed by atoms with Gasteiger partial charge >= 0.3 is 5.97 Å². The lowest BCUT2D eigenvalue weighted by Gasteiger charge is -2.36. The molecular weight excluding hydrogens is 256 g/mol. The average molecular weight is 280 g/mol. The number of hydrogen-bond donors (Lipinski definition) is 0. The minimum atomic E-state index is -0.331. The molecule has 1 saturated heterocycles. The summed E-state index contributed by atoms with van der Waals surface area (Å²) in [6.45, 7) is 11.2. The van der Waals surface area contributed by atoms with Crippen molar-refractivity contribution in [3.05, 3.63) is 23.2 Å². The van der Waals surface area contributed by atoms with Gasteiger partial charge in [-0.05, 0) is 26.8 Å². The maximum atomic E-state index is 11.6. The number of ether oxygens (including phenoxy) is 1. The molecule has 0 spiro atoms. The molecule has 5 heteroatoms. The first-order chi connectivity index (χ1) is 9.51. The third-order valence-corrected chi connectivity index (χ3v) is 3.89. The number of carbonyl (C=O) groups excluding carboxylic acids is 1. The van der Waals surface area contributed by atoms with E-state index >= 15 is 0 Å². The number of aryl methyl sites for hydroxylation is 1. The lowest BCUT2D eigenvalue weighted by Crippen LogP contribution is -2.48. The lowest BCUT2D eigenvalue weighted by atomic mass is 10.2. The van der Waals surface area contributed by atoms with Gasteiger partial charge in [0, 0.05) is 32.2 Å². The molecule has 0 amide bonds.